The number of hydrogen-bond donors (Lipinski definition) is 3. The number of carbonyl (C=O) groups is 1. The predicted molar refractivity (Wildman–Crippen MR) is 90.0 cm³/mol. The predicted octanol–water partition coefficient (Wildman–Crippen LogP) is 0.952. The van der Waals surface area contributed by atoms with Crippen molar-refractivity contribution in [1.29, 1.82) is 0 Å². The van der Waals surface area contributed by atoms with Gasteiger partial charge in [-0.25, -0.2) is 13.1 Å². The van der Waals surface area contributed by atoms with E-state index in [0.717, 1.165) is 19.4 Å². The number of sulfonamides is 1. The van der Waals surface area contributed by atoms with E-state index in [1.807, 2.05) is 0 Å². The largest absolute Gasteiger partial charge is 0.355 e. The van der Waals surface area contributed by atoms with Crippen LogP contribution in [0.15, 0.2) is 21.7 Å². The third kappa shape index (κ3) is 5.51. The average Bonchev–Trinajstić information content (AvgIpc) is 2.98. The Kier molecular flexibility index (Phi) is 7.78. The molecule has 0 radical (unpaired) electrons. The molecule has 1 fully saturated rings. The number of carbonyl (C=O) groups excluding carboxylic acids is 1. The lowest BCUT2D eigenvalue weighted by Crippen LogP contribution is -2.44. The molecule has 1 aliphatic rings. The van der Waals surface area contributed by atoms with Gasteiger partial charge in [0.25, 0.3) is 0 Å². The molecule has 1 aromatic heterocycles. The molecule has 2 rings (SSSR count). The standard InChI is InChI=1S/C13H21N3O3S2.ClH/c1-10-9-11(4-5-14-10)13(17)15-6-7-16-21(18,19)12-3-2-8-20-12;/h2-3,8,10-11,14,16H,4-7,9H2,1H3,(H,15,17);1H/t10-,11-;/m0./s1. The molecule has 1 amide bonds. The zero-order valence-electron chi connectivity index (χ0n) is 12.4. The van der Waals surface area contributed by atoms with Crippen LogP contribution in [0, 0.1) is 5.92 Å². The highest BCUT2D eigenvalue weighted by molar-refractivity contribution is 7.91. The maximum Gasteiger partial charge on any atom is 0.250 e. The first-order valence-electron chi connectivity index (χ1n) is 7.03. The Morgan fingerprint density at radius 2 is 2.23 bits per heavy atom. The number of piperidine rings is 1. The maximum absolute atomic E-state index is 12.0. The van der Waals surface area contributed by atoms with Crippen molar-refractivity contribution in [3.05, 3.63) is 17.5 Å². The third-order valence-corrected chi connectivity index (χ3v) is 6.33. The lowest BCUT2D eigenvalue weighted by Gasteiger charge is -2.27. The van der Waals surface area contributed by atoms with Crippen LogP contribution < -0.4 is 15.4 Å². The van der Waals surface area contributed by atoms with E-state index in [1.165, 1.54) is 11.3 Å². The van der Waals surface area contributed by atoms with Crippen molar-refractivity contribution in [2.75, 3.05) is 19.6 Å². The summed E-state index contributed by atoms with van der Waals surface area (Å²) in [6.45, 7) is 3.42. The molecule has 3 N–H and O–H groups in total. The van der Waals surface area contributed by atoms with Gasteiger partial charge >= 0.3 is 0 Å². The molecule has 126 valence electrons. The van der Waals surface area contributed by atoms with Gasteiger partial charge in [0.05, 0.1) is 0 Å². The molecule has 0 unspecified atom stereocenters. The summed E-state index contributed by atoms with van der Waals surface area (Å²) in [5.74, 6) is 0.0359. The number of amides is 1. The smallest absolute Gasteiger partial charge is 0.250 e. The summed E-state index contributed by atoms with van der Waals surface area (Å²) in [6.07, 6.45) is 1.66. The zero-order chi connectivity index (χ0) is 15.3. The van der Waals surface area contributed by atoms with Crippen molar-refractivity contribution < 1.29 is 13.2 Å². The minimum Gasteiger partial charge on any atom is -0.355 e. The van der Waals surface area contributed by atoms with Crippen LogP contribution in [0.25, 0.3) is 0 Å². The van der Waals surface area contributed by atoms with Crippen molar-refractivity contribution in [3.63, 3.8) is 0 Å². The van der Waals surface area contributed by atoms with Gasteiger partial charge in [-0.3, -0.25) is 4.79 Å². The molecule has 0 saturated carbocycles. The number of thiophene rings is 1. The molecule has 1 aliphatic heterocycles. The van der Waals surface area contributed by atoms with Crippen LogP contribution >= 0.6 is 23.7 Å². The summed E-state index contributed by atoms with van der Waals surface area (Å²) < 4.78 is 26.5. The maximum atomic E-state index is 12.0. The molecule has 1 aromatic rings. The fraction of sp³-hybridized carbons (Fsp3) is 0.615. The van der Waals surface area contributed by atoms with Crippen molar-refractivity contribution in [1.82, 2.24) is 15.4 Å². The van der Waals surface area contributed by atoms with E-state index in [2.05, 4.69) is 22.3 Å². The highest BCUT2D eigenvalue weighted by Gasteiger charge is 2.24. The molecule has 9 heteroatoms. The number of nitrogens with one attached hydrogen (secondary N) is 3. The molecule has 1 saturated heterocycles. The zero-order valence-corrected chi connectivity index (χ0v) is 14.8. The van der Waals surface area contributed by atoms with Crippen molar-refractivity contribution in [2.45, 2.75) is 30.0 Å². The molecular formula is C13H22ClN3O3S2. The van der Waals surface area contributed by atoms with Crippen LogP contribution in [-0.4, -0.2) is 40.0 Å². The lowest BCUT2D eigenvalue weighted by atomic mass is 9.92. The lowest BCUT2D eigenvalue weighted by molar-refractivity contribution is -0.126. The molecule has 0 aliphatic carbocycles. The second-order valence-corrected chi connectivity index (χ2v) is 8.14. The Labute approximate surface area is 141 Å². The van der Waals surface area contributed by atoms with E-state index in [4.69, 9.17) is 0 Å². The highest BCUT2D eigenvalue weighted by Crippen LogP contribution is 2.16. The molecule has 22 heavy (non-hydrogen) atoms. The number of hydrogen-bond acceptors (Lipinski definition) is 5. The van der Waals surface area contributed by atoms with Gasteiger partial charge < -0.3 is 10.6 Å². The first-order valence-corrected chi connectivity index (χ1v) is 9.39. The van der Waals surface area contributed by atoms with E-state index < -0.39 is 10.0 Å². The Bertz CT molecular complexity index is 563. The molecule has 2 heterocycles. The number of rotatable bonds is 6. The average molecular weight is 368 g/mol. The molecule has 6 nitrogen and oxygen atoms in total. The Balaban J connectivity index is 0.00000242. The van der Waals surface area contributed by atoms with Crippen LogP contribution in [0.4, 0.5) is 0 Å². The highest BCUT2D eigenvalue weighted by atomic mass is 35.5. The van der Waals surface area contributed by atoms with Crippen LogP contribution in [0.1, 0.15) is 19.8 Å². The van der Waals surface area contributed by atoms with E-state index in [9.17, 15) is 13.2 Å². The molecule has 0 aromatic carbocycles. The monoisotopic (exact) mass is 367 g/mol. The quantitative estimate of drug-likeness (QED) is 0.653. The van der Waals surface area contributed by atoms with Gasteiger partial charge in [-0.2, -0.15) is 0 Å². The topological polar surface area (TPSA) is 87.3 Å². The van der Waals surface area contributed by atoms with E-state index in [-0.39, 0.29) is 30.8 Å². The van der Waals surface area contributed by atoms with Crippen molar-refractivity contribution in [2.24, 2.45) is 5.92 Å². The van der Waals surface area contributed by atoms with Gasteiger partial charge in [0, 0.05) is 25.0 Å². The van der Waals surface area contributed by atoms with E-state index in [1.54, 1.807) is 17.5 Å². The first-order chi connectivity index (χ1) is 9.99. The SMILES string of the molecule is C[C@H]1C[C@@H](C(=O)NCCNS(=O)(=O)c2cccs2)CCN1.Cl. The summed E-state index contributed by atoms with van der Waals surface area (Å²) in [5, 5.41) is 7.82. The van der Waals surface area contributed by atoms with Gasteiger partial charge in [-0.1, -0.05) is 6.07 Å². The van der Waals surface area contributed by atoms with Gasteiger partial charge in [-0.05, 0) is 37.8 Å². The Hall–Kier alpha value is -0.670. The van der Waals surface area contributed by atoms with E-state index in [0.29, 0.717) is 16.8 Å². The second-order valence-electron chi connectivity index (χ2n) is 5.20. The normalized spacial score (nSPS) is 21.9. The Morgan fingerprint density at radius 3 is 2.86 bits per heavy atom. The summed E-state index contributed by atoms with van der Waals surface area (Å²) in [6, 6.07) is 3.60. The molecular weight excluding hydrogens is 346 g/mol. The summed E-state index contributed by atoms with van der Waals surface area (Å²) >= 11 is 1.17. The van der Waals surface area contributed by atoms with Gasteiger partial charge in [0.15, 0.2) is 0 Å². The van der Waals surface area contributed by atoms with Crippen LogP contribution in [0.3, 0.4) is 0 Å². The first kappa shape index (κ1) is 19.4. The summed E-state index contributed by atoms with van der Waals surface area (Å²) in [4.78, 5) is 12.0. The van der Waals surface area contributed by atoms with Crippen molar-refractivity contribution >= 4 is 39.7 Å². The van der Waals surface area contributed by atoms with Crippen molar-refractivity contribution in [3.8, 4) is 0 Å². The van der Waals surface area contributed by atoms with Crippen LogP contribution in [0.2, 0.25) is 0 Å². The van der Waals surface area contributed by atoms with Crippen LogP contribution in [-0.2, 0) is 14.8 Å². The second kappa shape index (κ2) is 8.83. The van der Waals surface area contributed by atoms with Gasteiger partial charge in [-0.15, -0.1) is 23.7 Å². The summed E-state index contributed by atoms with van der Waals surface area (Å²) in [5.41, 5.74) is 0. The minimum absolute atomic E-state index is 0. The molecule has 0 spiro atoms. The van der Waals surface area contributed by atoms with Crippen LogP contribution in [0.5, 0.6) is 0 Å². The van der Waals surface area contributed by atoms with Gasteiger partial charge in [0.1, 0.15) is 4.21 Å². The molecule has 0 bridgehead atoms. The fourth-order valence-corrected chi connectivity index (χ4v) is 4.44. The fourth-order valence-electron chi connectivity index (χ4n) is 2.37. The van der Waals surface area contributed by atoms with Gasteiger partial charge in [0.2, 0.25) is 15.9 Å². The van der Waals surface area contributed by atoms with E-state index >= 15 is 0 Å². The number of halogens is 1. The Morgan fingerprint density at radius 1 is 1.45 bits per heavy atom. The minimum atomic E-state index is -3.44. The molecule has 2 atom stereocenters. The third-order valence-electron chi connectivity index (χ3n) is 3.47. The summed E-state index contributed by atoms with van der Waals surface area (Å²) in [7, 11) is -3.44.